The lowest BCUT2D eigenvalue weighted by atomic mass is 10.2. The number of unbranched alkanes of at least 4 members (excludes halogenated alkanes) is 3. The molecule has 0 spiro atoms. The van der Waals surface area contributed by atoms with E-state index in [4.69, 9.17) is 0 Å². The molecule has 21 heavy (non-hydrogen) atoms. The third kappa shape index (κ3) is 4.47. The van der Waals surface area contributed by atoms with Crippen molar-refractivity contribution in [3.05, 3.63) is 48.7 Å². The van der Waals surface area contributed by atoms with Gasteiger partial charge in [-0.05, 0) is 49.7 Å². The van der Waals surface area contributed by atoms with E-state index in [2.05, 4.69) is 53.7 Å². The molecule has 114 valence electrons. The van der Waals surface area contributed by atoms with E-state index in [0.717, 1.165) is 26.1 Å². The summed E-state index contributed by atoms with van der Waals surface area (Å²) in [5, 5.41) is 4.89. The zero-order valence-corrected chi connectivity index (χ0v) is 13.3. The Bertz CT molecular complexity index is 554. The Morgan fingerprint density at radius 3 is 2.86 bits per heavy atom. The summed E-state index contributed by atoms with van der Waals surface area (Å²) in [7, 11) is 0. The maximum atomic E-state index is 3.79. The predicted octanol–water partition coefficient (Wildman–Crippen LogP) is 4.89. The van der Waals surface area contributed by atoms with Crippen LogP contribution in [0, 0.1) is 0 Å². The number of aromatic nitrogens is 1. The molecular formula is C19H28N2. The van der Waals surface area contributed by atoms with Crippen molar-refractivity contribution in [3.63, 3.8) is 0 Å². The molecule has 0 saturated carbocycles. The number of allylic oxidation sites excluding steroid dienone is 1. The normalized spacial score (nSPS) is 11.1. The Labute approximate surface area is 128 Å². The molecule has 0 aliphatic heterocycles. The average Bonchev–Trinajstić information content (AvgIpc) is 2.85. The number of nitrogens with zero attached hydrogens (tertiary/aromatic N) is 1. The molecule has 1 aromatic carbocycles. The van der Waals surface area contributed by atoms with Crippen LogP contribution >= 0.6 is 0 Å². The van der Waals surface area contributed by atoms with E-state index < -0.39 is 0 Å². The van der Waals surface area contributed by atoms with Crippen LogP contribution in [-0.4, -0.2) is 11.1 Å². The van der Waals surface area contributed by atoms with Gasteiger partial charge in [0.2, 0.25) is 0 Å². The number of aryl methyl sites for hydroxylation is 1. The Kier molecular flexibility index (Phi) is 6.55. The van der Waals surface area contributed by atoms with Gasteiger partial charge in [-0.2, -0.15) is 0 Å². The molecule has 2 aromatic rings. The van der Waals surface area contributed by atoms with Gasteiger partial charge in [-0.25, -0.2) is 0 Å². The molecule has 0 bridgehead atoms. The molecule has 2 nitrogen and oxygen atoms in total. The monoisotopic (exact) mass is 284 g/mol. The smallest absolute Gasteiger partial charge is 0.0482 e. The maximum absolute atomic E-state index is 3.79. The standard InChI is InChI=1S/C19H28N2/c1-3-5-6-7-10-14-21-18(16-20-13-4-2)15-17-11-8-9-12-19(17)21/h3,8-9,11-12,15,20H,1,4-7,10,13-14,16H2,2H3. The summed E-state index contributed by atoms with van der Waals surface area (Å²) in [6.45, 7) is 9.17. The molecule has 1 aromatic heterocycles. The van der Waals surface area contributed by atoms with E-state index in [1.54, 1.807) is 0 Å². The first-order chi connectivity index (χ1) is 10.4. The minimum atomic E-state index is 0.967. The first kappa shape index (κ1) is 15.8. The zero-order valence-electron chi connectivity index (χ0n) is 13.3. The highest BCUT2D eigenvalue weighted by molar-refractivity contribution is 5.81. The molecule has 2 heteroatoms. The van der Waals surface area contributed by atoms with Gasteiger partial charge in [0.05, 0.1) is 0 Å². The summed E-state index contributed by atoms with van der Waals surface area (Å²) < 4.78 is 2.49. The fourth-order valence-electron chi connectivity index (χ4n) is 2.81. The summed E-state index contributed by atoms with van der Waals surface area (Å²) >= 11 is 0. The highest BCUT2D eigenvalue weighted by atomic mass is 15.0. The molecule has 0 unspecified atom stereocenters. The van der Waals surface area contributed by atoms with Crippen molar-refractivity contribution in [1.82, 2.24) is 9.88 Å². The number of benzene rings is 1. The van der Waals surface area contributed by atoms with Gasteiger partial charge in [-0.1, -0.05) is 37.6 Å². The van der Waals surface area contributed by atoms with Crippen LogP contribution in [-0.2, 0) is 13.1 Å². The molecule has 2 rings (SSSR count). The van der Waals surface area contributed by atoms with E-state index in [0.29, 0.717) is 0 Å². The molecule has 0 aliphatic rings. The van der Waals surface area contributed by atoms with Crippen molar-refractivity contribution >= 4 is 10.9 Å². The molecule has 1 N–H and O–H groups in total. The van der Waals surface area contributed by atoms with Gasteiger partial charge in [0.25, 0.3) is 0 Å². The zero-order chi connectivity index (χ0) is 14.9. The summed E-state index contributed by atoms with van der Waals surface area (Å²) in [5.41, 5.74) is 2.78. The first-order valence-electron chi connectivity index (χ1n) is 8.25. The van der Waals surface area contributed by atoms with Crippen LogP contribution in [0.2, 0.25) is 0 Å². The highest BCUT2D eigenvalue weighted by Crippen LogP contribution is 2.21. The van der Waals surface area contributed by atoms with Crippen molar-refractivity contribution in [3.8, 4) is 0 Å². The van der Waals surface area contributed by atoms with Crippen LogP contribution < -0.4 is 5.32 Å². The van der Waals surface area contributed by atoms with Crippen LogP contribution in [0.3, 0.4) is 0 Å². The van der Waals surface area contributed by atoms with E-state index in [-0.39, 0.29) is 0 Å². The fraction of sp³-hybridized carbons (Fsp3) is 0.474. The number of hydrogen-bond acceptors (Lipinski definition) is 1. The minimum absolute atomic E-state index is 0.967. The molecule has 1 heterocycles. The maximum Gasteiger partial charge on any atom is 0.0482 e. The van der Waals surface area contributed by atoms with Crippen molar-refractivity contribution in [2.45, 2.75) is 52.1 Å². The second-order valence-corrected chi connectivity index (χ2v) is 5.66. The van der Waals surface area contributed by atoms with E-state index >= 15 is 0 Å². The van der Waals surface area contributed by atoms with Crippen molar-refractivity contribution in [2.75, 3.05) is 6.54 Å². The first-order valence-corrected chi connectivity index (χ1v) is 8.25. The average molecular weight is 284 g/mol. The van der Waals surface area contributed by atoms with Crippen LogP contribution in [0.25, 0.3) is 10.9 Å². The molecule has 0 amide bonds. The van der Waals surface area contributed by atoms with Gasteiger partial charge in [0.15, 0.2) is 0 Å². The van der Waals surface area contributed by atoms with Crippen molar-refractivity contribution in [1.29, 1.82) is 0 Å². The molecule has 0 atom stereocenters. The van der Waals surface area contributed by atoms with Crippen LogP contribution in [0.5, 0.6) is 0 Å². The number of hydrogen-bond donors (Lipinski definition) is 1. The predicted molar refractivity (Wildman–Crippen MR) is 92.6 cm³/mol. The van der Waals surface area contributed by atoms with Crippen LogP contribution in [0.4, 0.5) is 0 Å². The number of rotatable bonds is 10. The van der Waals surface area contributed by atoms with Gasteiger partial charge < -0.3 is 9.88 Å². The van der Waals surface area contributed by atoms with Crippen LogP contribution in [0.15, 0.2) is 43.0 Å². The van der Waals surface area contributed by atoms with Gasteiger partial charge >= 0.3 is 0 Å². The van der Waals surface area contributed by atoms with Gasteiger partial charge in [-0.3, -0.25) is 0 Å². The lowest BCUT2D eigenvalue weighted by Crippen LogP contribution is -2.17. The lowest BCUT2D eigenvalue weighted by Gasteiger charge is -2.11. The highest BCUT2D eigenvalue weighted by Gasteiger charge is 2.07. The molecule has 0 saturated heterocycles. The second-order valence-electron chi connectivity index (χ2n) is 5.66. The van der Waals surface area contributed by atoms with Crippen molar-refractivity contribution < 1.29 is 0 Å². The molecular weight excluding hydrogens is 256 g/mol. The molecule has 0 aliphatic carbocycles. The minimum Gasteiger partial charge on any atom is -0.343 e. The Balaban J connectivity index is 2.05. The topological polar surface area (TPSA) is 17.0 Å². The van der Waals surface area contributed by atoms with Crippen LogP contribution in [0.1, 0.15) is 44.7 Å². The quantitative estimate of drug-likeness (QED) is 0.485. The summed E-state index contributed by atoms with van der Waals surface area (Å²) in [6, 6.07) is 11.1. The summed E-state index contributed by atoms with van der Waals surface area (Å²) in [5.74, 6) is 0. The van der Waals surface area contributed by atoms with E-state index in [1.165, 1.54) is 42.3 Å². The Hall–Kier alpha value is -1.54. The van der Waals surface area contributed by atoms with Gasteiger partial charge in [0, 0.05) is 24.3 Å². The largest absolute Gasteiger partial charge is 0.343 e. The number of fused-ring (bicyclic) bond motifs is 1. The molecule has 0 radical (unpaired) electrons. The summed E-state index contributed by atoms with van der Waals surface area (Å²) in [6.07, 6.45) is 8.12. The van der Waals surface area contributed by atoms with E-state index in [1.807, 2.05) is 6.08 Å². The lowest BCUT2D eigenvalue weighted by molar-refractivity contribution is 0.568. The Morgan fingerprint density at radius 2 is 2.05 bits per heavy atom. The number of para-hydroxylation sites is 1. The fourth-order valence-corrected chi connectivity index (χ4v) is 2.81. The van der Waals surface area contributed by atoms with Gasteiger partial charge in [-0.15, -0.1) is 6.58 Å². The summed E-state index contributed by atoms with van der Waals surface area (Å²) in [4.78, 5) is 0. The van der Waals surface area contributed by atoms with Crippen molar-refractivity contribution in [2.24, 2.45) is 0 Å². The second kappa shape index (κ2) is 8.68. The van der Waals surface area contributed by atoms with Gasteiger partial charge in [0.1, 0.15) is 0 Å². The number of nitrogens with one attached hydrogen (secondary N) is 1. The SMILES string of the molecule is C=CCCCCCn1c(CNCCC)cc2ccccc21. The Morgan fingerprint density at radius 1 is 1.19 bits per heavy atom. The van der Waals surface area contributed by atoms with E-state index in [9.17, 15) is 0 Å². The molecule has 0 fully saturated rings. The third-order valence-electron chi connectivity index (χ3n) is 3.92. The third-order valence-corrected chi connectivity index (χ3v) is 3.92.